The lowest BCUT2D eigenvalue weighted by Gasteiger charge is -2.47. The molecule has 28 heteroatoms. The summed E-state index contributed by atoms with van der Waals surface area (Å²) in [7, 11) is -9.60. The van der Waals surface area contributed by atoms with E-state index < -0.39 is 132 Å². The third-order valence-electron chi connectivity index (χ3n) is 7.12. The van der Waals surface area contributed by atoms with Gasteiger partial charge in [0.05, 0.1) is 25.9 Å². The normalized spacial score (nSPS) is 33.9. The highest BCUT2D eigenvalue weighted by atomic mass is 32.3. The summed E-state index contributed by atoms with van der Waals surface area (Å²) in [5, 5.41) is 83.2. The number of aliphatic hydroxyl groups is 6. The van der Waals surface area contributed by atoms with Crippen molar-refractivity contribution in [2.24, 2.45) is 0 Å². The number of methoxy groups -OCH3 is 1. The molecule has 0 bridgehead atoms. The van der Waals surface area contributed by atoms with Gasteiger partial charge in [-0.2, -0.15) is 21.6 Å². The maximum Gasteiger partial charge on any atom is 0.397 e. The number of ether oxygens (including phenoxy) is 5. The second-order valence-corrected chi connectivity index (χ2v) is 13.2. The summed E-state index contributed by atoms with van der Waals surface area (Å²) in [6.45, 7) is -0.892. The van der Waals surface area contributed by atoms with Crippen LogP contribution in [0.4, 0.5) is 0 Å². The highest BCUT2D eigenvalue weighted by Gasteiger charge is 2.55. The fourth-order valence-electron chi connectivity index (χ4n) is 4.81. The fourth-order valence-corrected chi connectivity index (χ4v) is 6.18. The van der Waals surface area contributed by atoms with E-state index in [-0.39, 0.29) is 18.7 Å². The van der Waals surface area contributed by atoms with Crippen LogP contribution >= 0.6 is 12.3 Å². The molecule has 0 aromatic heterocycles. The Hall–Kier alpha value is -1.04. The summed E-state index contributed by atoms with van der Waals surface area (Å²) >= 11 is 0.0505. The van der Waals surface area contributed by atoms with Gasteiger partial charge in [0.15, 0.2) is 24.7 Å². The molecule has 0 aliphatic carbocycles. The molecule has 0 radical (unpaired) electrons. The lowest BCUT2D eigenvalue weighted by molar-refractivity contribution is -0.434. The summed E-state index contributed by atoms with van der Waals surface area (Å²) in [6.07, 6.45) is -25.4. The molecule has 11 N–H and O–H groups in total. The zero-order valence-electron chi connectivity index (χ0n) is 25.3. The van der Waals surface area contributed by atoms with Crippen LogP contribution in [-0.2, 0) is 66.9 Å². The first-order valence-electron chi connectivity index (χ1n) is 13.8. The number of carbonyl (C=O) groups is 1. The van der Waals surface area contributed by atoms with Crippen LogP contribution in [0, 0.1) is 0 Å². The van der Waals surface area contributed by atoms with E-state index in [1.807, 2.05) is 0 Å². The van der Waals surface area contributed by atoms with Crippen molar-refractivity contribution in [3.8, 4) is 0 Å². The Morgan fingerprint density at radius 3 is 2.06 bits per heavy atom. The highest BCUT2D eigenvalue weighted by Crippen LogP contribution is 2.32. The minimum Gasteiger partial charge on any atom is -0.479 e. The van der Waals surface area contributed by atoms with E-state index in [9.17, 15) is 66.5 Å². The molecule has 290 valence electrons. The number of carboxylic acids is 1. The minimum atomic E-state index is -5.46. The van der Waals surface area contributed by atoms with Crippen LogP contribution in [0.25, 0.3) is 0 Å². The van der Waals surface area contributed by atoms with Gasteiger partial charge in [-0.1, -0.05) is 12.0 Å². The number of hydrogen-bond acceptors (Lipinski definition) is 22. The lowest BCUT2D eigenvalue weighted by Crippen LogP contribution is -2.68. The van der Waals surface area contributed by atoms with E-state index >= 15 is 0 Å². The Balaban J connectivity index is 2.37. The summed E-state index contributed by atoms with van der Waals surface area (Å²) < 4.78 is 107. The van der Waals surface area contributed by atoms with Crippen molar-refractivity contribution in [3.05, 3.63) is 0 Å². The number of nitrogens with one attached hydrogen (secondary N) is 1. The topological polar surface area (TPSA) is 383 Å². The molecule has 0 aromatic rings. The number of aliphatic hydroxyl groups excluding tert-OH is 6. The minimum absolute atomic E-state index is 0.00103. The first-order chi connectivity index (χ1) is 22.8. The Bertz CT molecular complexity index is 1230. The van der Waals surface area contributed by atoms with Crippen molar-refractivity contribution in [1.29, 1.82) is 0 Å². The third kappa shape index (κ3) is 13.2. The number of carboxylic acid groups (broad SMARTS) is 1. The van der Waals surface area contributed by atoms with Gasteiger partial charge >= 0.3 is 26.7 Å². The van der Waals surface area contributed by atoms with Gasteiger partial charge in [0.2, 0.25) is 0 Å². The molecule has 2 fully saturated rings. The zero-order valence-corrected chi connectivity index (χ0v) is 27.8. The quantitative estimate of drug-likeness (QED) is 0.0170. The molecule has 0 spiro atoms. The molecule has 2 aliphatic heterocycles. The molecular weight excluding hydrogens is 746 g/mol. The van der Waals surface area contributed by atoms with Crippen LogP contribution in [0.5, 0.6) is 0 Å². The number of aliphatic carboxylic acids is 1. The summed E-state index contributed by atoms with van der Waals surface area (Å²) in [5.74, 6) is -1.89. The van der Waals surface area contributed by atoms with Crippen molar-refractivity contribution in [1.82, 2.24) is 4.72 Å². The predicted molar refractivity (Wildman–Crippen MR) is 151 cm³/mol. The molecule has 2 saturated heterocycles. The van der Waals surface area contributed by atoms with E-state index in [1.165, 1.54) is 6.92 Å². The second-order valence-electron chi connectivity index (χ2n) is 10.4. The molecule has 2 rings (SSSR count). The average Bonchev–Trinajstić information content (AvgIpc) is 3.01. The Morgan fingerprint density at radius 2 is 1.53 bits per heavy atom. The fraction of sp³-hybridized carbons (Fsp3) is 0.952. The second kappa shape index (κ2) is 19.7. The molecule has 0 saturated carbocycles. The van der Waals surface area contributed by atoms with Crippen LogP contribution in [0.2, 0.25) is 0 Å². The summed E-state index contributed by atoms with van der Waals surface area (Å²) in [4.78, 5) is 12.2. The van der Waals surface area contributed by atoms with E-state index in [0.29, 0.717) is 0 Å². The van der Waals surface area contributed by atoms with Crippen LogP contribution in [-0.4, -0.2) is 185 Å². The molecule has 0 amide bonds. The van der Waals surface area contributed by atoms with Gasteiger partial charge in [-0.05, 0) is 6.42 Å². The number of rotatable bonds is 21. The average molecular weight is 786 g/mol. The van der Waals surface area contributed by atoms with Crippen LogP contribution in [0.15, 0.2) is 0 Å². The molecule has 49 heavy (non-hydrogen) atoms. The SMILES string of the molecule is CCC(O)[C@H](O)[C@H](O)C(O)COC[C@@H]1OC(C(=O)O)[C@H](O[C@@H]2OC(COSOOO)[C@H](OC)[C@@H](O)C2NS(=O)(=O)O)[C@@H](O)C1OS(=O)(=O)O. The Morgan fingerprint density at radius 1 is 0.918 bits per heavy atom. The van der Waals surface area contributed by atoms with Crippen molar-refractivity contribution in [3.63, 3.8) is 0 Å². The molecular formula is C21H39NO24S3. The maximum atomic E-state index is 12.2. The third-order valence-corrected chi connectivity index (χ3v) is 8.51. The van der Waals surface area contributed by atoms with Gasteiger partial charge in [0.25, 0.3) is 0 Å². The summed E-state index contributed by atoms with van der Waals surface area (Å²) in [6, 6.07) is -2.04. The van der Waals surface area contributed by atoms with Gasteiger partial charge < -0.3 is 59.4 Å². The standard InChI is InChI=1S/C21H39NO24S3/c1-3-7(23)12(25)13(26)8(24)4-39-5-9-17(44-49(35,36)37)15(28)18(19(41-9)20(29)30)43-21-11(22-48(32,33)34)14(27)16(38-2)10(42-21)6-40-47-46-45-31/h7-19,21-28,31H,3-6H2,1-2H3,(H,29,30)(H,32,33,34)(H,35,36,37)/t7?,8?,9-,10?,11?,12-,13+,14-,15-,16-,17?,18+,19?,21-/m0/s1. The highest BCUT2D eigenvalue weighted by molar-refractivity contribution is 7.89. The first kappa shape index (κ1) is 44.1. The maximum absolute atomic E-state index is 12.2. The van der Waals surface area contributed by atoms with Crippen molar-refractivity contribution < 1.29 is 113 Å². The van der Waals surface area contributed by atoms with Crippen molar-refractivity contribution >= 4 is 39.0 Å². The lowest BCUT2D eigenvalue weighted by atomic mass is 9.93. The van der Waals surface area contributed by atoms with Crippen molar-refractivity contribution in [2.45, 2.75) is 98.9 Å². The number of hydrogen-bond donors (Lipinski definition) is 11. The van der Waals surface area contributed by atoms with E-state index in [2.05, 4.69) is 13.6 Å². The van der Waals surface area contributed by atoms with Crippen LogP contribution in [0.3, 0.4) is 0 Å². The largest absolute Gasteiger partial charge is 0.479 e. The predicted octanol–water partition coefficient (Wildman–Crippen LogP) is -5.49. The molecule has 6 unspecified atom stereocenters. The van der Waals surface area contributed by atoms with Gasteiger partial charge in [-0.15, -0.1) is 4.33 Å². The molecule has 2 heterocycles. The molecule has 25 nitrogen and oxygen atoms in total. The zero-order chi connectivity index (χ0) is 37.3. The van der Waals surface area contributed by atoms with E-state index in [1.54, 1.807) is 4.72 Å². The monoisotopic (exact) mass is 785 g/mol. The van der Waals surface area contributed by atoms with E-state index in [0.717, 1.165) is 7.11 Å². The Kier molecular flexibility index (Phi) is 17.7. The smallest absolute Gasteiger partial charge is 0.397 e. The Labute approximate surface area is 282 Å². The molecule has 0 aromatic carbocycles. The molecule has 2 aliphatic rings. The summed E-state index contributed by atoms with van der Waals surface area (Å²) in [5.41, 5.74) is 0. The molecule has 14 atom stereocenters. The van der Waals surface area contributed by atoms with Crippen molar-refractivity contribution in [2.75, 3.05) is 26.9 Å². The van der Waals surface area contributed by atoms with Crippen LogP contribution in [0.1, 0.15) is 13.3 Å². The van der Waals surface area contributed by atoms with Gasteiger partial charge in [0, 0.05) is 7.11 Å². The van der Waals surface area contributed by atoms with Gasteiger partial charge in [-0.3, -0.25) is 13.3 Å². The first-order valence-corrected chi connectivity index (χ1v) is 17.3. The van der Waals surface area contributed by atoms with Gasteiger partial charge in [0.1, 0.15) is 67.1 Å². The van der Waals surface area contributed by atoms with Gasteiger partial charge in [-0.25, -0.2) is 14.2 Å². The van der Waals surface area contributed by atoms with Crippen LogP contribution < -0.4 is 4.72 Å². The van der Waals surface area contributed by atoms with E-state index in [4.69, 9.17) is 33.1 Å².